The minimum Gasteiger partial charge on any atom is -0.389 e. The van der Waals surface area contributed by atoms with Gasteiger partial charge >= 0.3 is 0 Å². The van der Waals surface area contributed by atoms with E-state index in [4.69, 9.17) is 14.2 Å². The Morgan fingerprint density at radius 1 is 1.12 bits per heavy atom. The fourth-order valence-electron chi connectivity index (χ4n) is 1.09. The Balaban J connectivity index is 3.06. The first-order valence-corrected chi connectivity index (χ1v) is 5.84. The van der Waals surface area contributed by atoms with Crippen LogP contribution in [-0.2, 0) is 14.2 Å². The third kappa shape index (κ3) is 11.9. The molecule has 0 bridgehead atoms. The average molecular weight is 235 g/mol. The van der Waals surface area contributed by atoms with Crippen molar-refractivity contribution < 1.29 is 19.3 Å². The van der Waals surface area contributed by atoms with Crippen molar-refractivity contribution in [1.82, 2.24) is 5.32 Å². The standard InChI is InChI=1S/C11H25NO4/c1-3-4-12-9-11(13)10-16-8-7-15-6-5-14-2/h11-13H,3-10H2,1-2H3. The van der Waals surface area contributed by atoms with Crippen molar-refractivity contribution in [2.45, 2.75) is 19.4 Å². The number of hydrogen-bond acceptors (Lipinski definition) is 5. The van der Waals surface area contributed by atoms with Gasteiger partial charge in [0.05, 0.1) is 39.1 Å². The van der Waals surface area contributed by atoms with E-state index >= 15 is 0 Å². The largest absolute Gasteiger partial charge is 0.389 e. The van der Waals surface area contributed by atoms with Crippen LogP contribution >= 0.6 is 0 Å². The van der Waals surface area contributed by atoms with E-state index in [1.165, 1.54) is 0 Å². The molecule has 0 aromatic carbocycles. The topological polar surface area (TPSA) is 60.0 Å². The molecular formula is C11H25NO4. The molecule has 5 heteroatoms. The molecule has 0 aliphatic heterocycles. The molecule has 2 N–H and O–H groups in total. The number of aliphatic hydroxyl groups is 1. The molecule has 5 nitrogen and oxygen atoms in total. The van der Waals surface area contributed by atoms with E-state index < -0.39 is 6.10 Å². The Morgan fingerprint density at radius 3 is 2.50 bits per heavy atom. The maximum atomic E-state index is 9.47. The zero-order valence-corrected chi connectivity index (χ0v) is 10.4. The van der Waals surface area contributed by atoms with E-state index in [1.54, 1.807) is 7.11 Å². The van der Waals surface area contributed by atoms with Crippen LogP contribution in [0.1, 0.15) is 13.3 Å². The van der Waals surface area contributed by atoms with Crippen molar-refractivity contribution in [2.24, 2.45) is 0 Å². The molecule has 0 saturated carbocycles. The lowest BCUT2D eigenvalue weighted by Crippen LogP contribution is -2.31. The van der Waals surface area contributed by atoms with Gasteiger partial charge < -0.3 is 24.6 Å². The molecule has 16 heavy (non-hydrogen) atoms. The van der Waals surface area contributed by atoms with Gasteiger partial charge in [0.2, 0.25) is 0 Å². The van der Waals surface area contributed by atoms with Crippen LogP contribution in [0.5, 0.6) is 0 Å². The van der Waals surface area contributed by atoms with Crippen LogP contribution in [0.4, 0.5) is 0 Å². The molecule has 0 spiro atoms. The summed E-state index contributed by atoms with van der Waals surface area (Å²) in [7, 11) is 1.64. The van der Waals surface area contributed by atoms with Crippen LogP contribution in [-0.4, -0.2) is 64.4 Å². The van der Waals surface area contributed by atoms with Gasteiger partial charge in [-0.1, -0.05) is 6.92 Å². The maximum absolute atomic E-state index is 9.47. The fraction of sp³-hybridized carbons (Fsp3) is 1.00. The summed E-state index contributed by atoms with van der Waals surface area (Å²) in [4.78, 5) is 0. The number of aliphatic hydroxyl groups excluding tert-OH is 1. The molecule has 1 unspecified atom stereocenters. The van der Waals surface area contributed by atoms with E-state index in [1.807, 2.05) is 0 Å². The molecule has 0 aromatic rings. The molecule has 0 aromatic heterocycles. The van der Waals surface area contributed by atoms with Gasteiger partial charge in [0, 0.05) is 13.7 Å². The van der Waals surface area contributed by atoms with Gasteiger partial charge in [0.15, 0.2) is 0 Å². The van der Waals surface area contributed by atoms with Crippen LogP contribution in [0.2, 0.25) is 0 Å². The highest BCUT2D eigenvalue weighted by Crippen LogP contribution is 1.85. The number of rotatable bonds is 12. The lowest BCUT2D eigenvalue weighted by molar-refractivity contribution is -0.00480. The normalized spacial score (nSPS) is 12.9. The Bertz CT molecular complexity index is 135. The fourth-order valence-corrected chi connectivity index (χ4v) is 1.09. The molecule has 0 rings (SSSR count). The first-order valence-electron chi connectivity index (χ1n) is 5.84. The van der Waals surface area contributed by atoms with Gasteiger partial charge in [-0.3, -0.25) is 0 Å². The molecule has 0 aliphatic carbocycles. The summed E-state index contributed by atoms with van der Waals surface area (Å²) in [5.74, 6) is 0. The Morgan fingerprint density at radius 2 is 1.81 bits per heavy atom. The van der Waals surface area contributed by atoms with Crippen molar-refractivity contribution in [2.75, 3.05) is 53.2 Å². The van der Waals surface area contributed by atoms with E-state index in [0.717, 1.165) is 13.0 Å². The summed E-state index contributed by atoms with van der Waals surface area (Å²) < 4.78 is 15.3. The lowest BCUT2D eigenvalue weighted by Gasteiger charge is -2.12. The van der Waals surface area contributed by atoms with Gasteiger partial charge in [0.25, 0.3) is 0 Å². The summed E-state index contributed by atoms with van der Waals surface area (Å²) in [6.45, 7) is 6.18. The molecule has 0 heterocycles. The summed E-state index contributed by atoms with van der Waals surface area (Å²) in [5.41, 5.74) is 0. The molecular weight excluding hydrogens is 210 g/mol. The maximum Gasteiger partial charge on any atom is 0.0897 e. The van der Waals surface area contributed by atoms with Crippen LogP contribution < -0.4 is 5.32 Å². The minimum absolute atomic E-state index is 0.352. The van der Waals surface area contributed by atoms with Crippen LogP contribution in [0.3, 0.4) is 0 Å². The predicted octanol–water partition coefficient (Wildman–Crippen LogP) is 0.0265. The van der Waals surface area contributed by atoms with Gasteiger partial charge in [-0.15, -0.1) is 0 Å². The first kappa shape index (κ1) is 15.8. The molecule has 0 amide bonds. The van der Waals surface area contributed by atoms with Crippen molar-refractivity contribution >= 4 is 0 Å². The SMILES string of the molecule is CCCNCC(O)COCCOCCOC. The van der Waals surface area contributed by atoms with Crippen molar-refractivity contribution in [3.05, 3.63) is 0 Å². The predicted molar refractivity (Wildman–Crippen MR) is 62.7 cm³/mol. The second-order valence-corrected chi connectivity index (χ2v) is 3.54. The third-order valence-electron chi connectivity index (χ3n) is 1.92. The van der Waals surface area contributed by atoms with Crippen molar-refractivity contribution in [3.63, 3.8) is 0 Å². The summed E-state index contributed by atoms with van der Waals surface area (Å²) in [6, 6.07) is 0. The second kappa shape index (κ2) is 12.9. The van der Waals surface area contributed by atoms with Crippen LogP contribution in [0.25, 0.3) is 0 Å². The zero-order valence-electron chi connectivity index (χ0n) is 10.4. The molecule has 0 radical (unpaired) electrons. The summed E-state index contributed by atoms with van der Waals surface area (Å²) in [5, 5.41) is 12.6. The third-order valence-corrected chi connectivity index (χ3v) is 1.92. The molecule has 0 aliphatic rings. The summed E-state index contributed by atoms with van der Waals surface area (Å²) >= 11 is 0. The highest BCUT2D eigenvalue weighted by Gasteiger charge is 2.02. The first-order chi connectivity index (χ1) is 7.81. The summed E-state index contributed by atoms with van der Waals surface area (Å²) in [6.07, 6.45) is 0.631. The highest BCUT2D eigenvalue weighted by molar-refractivity contribution is 4.57. The second-order valence-electron chi connectivity index (χ2n) is 3.54. The molecule has 98 valence electrons. The number of methoxy groups -OCH3 is 1. The Hall–Kier alpha value is -0.200. The van der Waals surface area contributed by atoms with Crippen LogP contribution in [0.15, 0.2) is 0 Å². The van der Waals surface area contributed by atoms with E-state index in [0.29, 0.717) is 39.6 Å². The average Bonchev–Trinajstić information content (AvgIpc) is 2.28. The number of hydrogen-bond donors (Lipinski definition) is 2. The van der Waals surface area contributed by atoms with Gasteiger partial charge in [0.1, 0.15) is 0 Å². The molecule has 0 saturated heterocycles. The van der Waals surface area contributed by atoms with E-state index in [9.17, 15) is 5.11 Å². The van der Waals surface area contributed by atoms with E-state index in [-0.39, 0.29) is 0 Å². The Labute approximate surface area is 98.1 Å². The highest BCUT2D eigenvalue weighted by atomic mass is 16.5. The quantitative estimate of drug-likeness (QED) is 0.467. The number of nitrogens with one attached hydrogen (secondary N) is 1. The smallest absolute Gasteiger partial charge is 0.0897 e. The van der Waals surface area contributed by atoms with Gasteiger partial charge in [-0.25, -0.2) is 0 Å². The lowest BCUT2D eigenvalue weighted by atomic mass is 10.3. The van der Waals surface area contributed by atoms with Gasteiger partial charge in [-0.2, -0.15) is 0 Å². The zero-order chi connectivity index (χ0) is 12.1. The van der Waals surface area contributed by atoms with Crippen LogP contribution in [0, 0.1) is 0 Å². The molecule has 0 fully saturated rings. The van der Waals surface area contributed by atoms with Crippen molar-refractivity contribution in [3.8, 4) is 0 Å². The Kier molecular flexibility index (Phi) is 12.7. The molecule has 1 atom stereocenters. The van der Waals surface area contributed by atoms with Crippen molar-refractivity contribution in [1.29, 1.82) is 0 Å². The number of ether oxygens (including phenoxy) is 3. The monoisotopic (exact) mass is 235 g/mol. The van der Waals surface area contributed by atoms with E-state index in [2.05, 4.69) is 12.2 Å². The van der Waals surface area contributed by atoms with Gasteiger partial charge in [-0.05, 0) is 13.0 Å². The minimum atomic E-state index is -0.439.